The number of hydrogen-bond acceptors (Lipinski definition) is 4. The SMILES string of the molecule is CCOc1ccc(C(=O)N2CCC(NC(=O)c3ccc(OC)c4ccccc34)CC2)cc1. The molecular weight excluding hydrogens is 404 g/mol. The van der Waals surface area contributed by atoms with Gasteiger partial charge in [0.05, 0.1) is 13.7 Å². The predicted octanol–water partition coefficient (Wildman–Crippen LogP) is 4.28. The number of nitrogens with zero attached hydrogens (tertiary/aromatic N) is 1. The van der Waals surface area contributed by atoms with Crippen LogP contribution in [0.3, 0.4) is 0 Å². The van der Waals surface area contributed by atoms with Gasteiger partial charge in [-0.15, -0.1) is 0 Å². The lowest BCUT2D eigenvalue weighted by atomic mass is 10.0. The average Bonchev–Trinajstić information content (AvgIpc) is 2.84. The lowest BCUT2D eigenvalue weighted by Crippen LogP contribution is -2.46. The van der Waals surface area contributed by atoms with Gasteiger partial charge >= 0.3 is 0 Å². The molecule has 1 saturated heterocycles. The topological polar surface area (TPSA) is 67.9 Å². The Morgan fingerprint density at radius 2 is 1.66 bits per heavy atom. The zero-order valence-corrected chi connectivity index (χ0v) is 18.5. The number of carbonyl (C=O) groups is 2. The van der Waals surface area contributed by atoms with Gasteiger partial charge in [0.2, 0.25) is 0 Å². The summed E-state index contributed by atoms with van der Waals surface area (Å²) >= 11 is 0. The fraction of sp³-hybridized carbons (Fsp3) is 0.308. The Balaban J connectivity index is 1.37. The zero-order chi connectivity index (χ0) is 22.5. The fourth-order valence-electron chi connectivity index (χ4n) is 4.18. The molecule has 3 aromatic rings. The second kappa shape index (κ2) is 9.73. The van der Waals surface area contributed by atoms with Gasteiger partial charge in [-0.3, -0.25) is 9.59 Å². The van der Waals surface area contributed by atoms with Crippen molar-refractivity contribution in [2.45, 2.75) is 25.8 Å². The summed E-state index contributed by atoms with van der Waals surface area (Å²) in [5.41, 5.74) is 1.29. The Labute approximate surface area is 188 Å². The largest absolute Gasteiger partial charge is 0.496 e. The smallest absolute Gasteiger partial charge is 0.253 e. The van der Waals surface area contributed by atoms with Crippen LogP contribution in [-0.4, -0.2) is 49.6 Å². The number of benzene rings is 3. The predicted molar refractivity (Wildman–Crippen MR) is 125 cm³/mol. The number of carbonyl (C=O) groups excluding carboxylic acids is 2. The number of fused-ring (bicyclic) bond motifs is 1. The highest BCUT2D eigenvalue weighted by Gasteiger charge is 2.25. The van der Waals surface area contributed by atoms with Gasteiger partial charge in [0, 0.05) is 35.6 Å². The first kappa shape index (κ1) is 21.7. The van der Waals surface area contributed by atoms with E-state index >= 15 is 0 Å². The van der Waals surface area contributed by atoms with Crippen LogP contribution in [0, 0.1) is 0 Å². The molecule has 0 saturated carbocycles. The molecule has 0 aliphatic carbocycles. The molecule has 0 spiro atoms. The highest BCUT2D eigenvalue weighted by atomic mass is 16.5. The van der Waals surface area contributed by atoms with Gasteiger partial charge < -0.3 is 19.7 Å². The van der Waals surface area contributed by atoms with Crippen molar-refractivity contribution in [3.05, 3.63) is 71.8 Å². The normalized spacial score (nSPS) is 14.2. The van der Waals surface area contributed by atoms with E-state index in [1.54, 1.807) is 25.3 Å². The molecule has 6 heteroatoms. The van der Waals surface area contributed by atoms with E-state index in [9.17, 15) is 9.59 Å². The lowest BCUT2D eigenvalue weighted by Gasteiger charge is -2.32. The monoisotopic (exact) mass is 432 g/mol. The van der Waals surface area contributed by atoms with Crippen LogP contribution in [0.15, 0.2) is 60.7 Å². The molecule has 1 fully saturated rings. The Kier molecular flexibility index (Phi) is 6.59. The molecule has 3 aromatic carbocycles. The lowest BCUT2D eigenvalue weighted by molar-refractivity contribution is 0.0698. The number of rotatable bonds is 6. The number of methoxy groups -OCH3 is 1. The summed E-state index contributed by atoms with van der Waals surface area (Å²) in [5.74, 6) is 1.42. The third-order valence-electron chi connectivity index (χ3n) is 5.88. The minimum Gasteiger partial charge on any atom is -0.496 e. The maximum Gasteiger partial charge on any atom is 0.253 e. The molecule has 1 N–H and O–H groups in total. The van der Waals surface area contributed by atoms with Crippen molar-refractivity contribution in [2.24, 2.45) is 0 Å². The highest BCUT2D eigenvalue weighted by molar-refractivity contribution is 6.08. The van der Waals surface area contributed by atoms with Crippen LogP contribution in [0.1, 0.15) is 40.5 Å². The minimum absolute atomic E-state index is 0.0129. The van der Waals surface area contributed by atoms with Crippen LogP contribution in [0.5, 0.6) is 11.5 Å². The molecule has 166 valence electrons. The van der Waals surface area contributed by atoms with Gasteiger partial charge in [-0.2, -0.15) is 0 Å². The highest BCUT2D eigenvalue weighted by Crippen LogP contribution is 2.28. The third-order valence-corrected chi connectivity index (χ3v) is 5.88. The van der Waals surface area contributed by atoms with Gasteiger partial charge in [-0.25, -0.2) is 0 Å². The van der Waals surface area contributed by atoms with Crippen molar-refractivity contribution in [3.63, 3.8) is 0 Å². The summed E-state index contributed by atoms with van der Waals surface area (Å²) < 4.78 is 10.9. The van der Waals surface area contributed by atoms with E-state index in [-0.39, 0.29) is 17.9 Å². The summed E-state index contributed by atoms with van der Waals surface area (Å²) in [6.45, 7) is 3.75. The van der Waals surface area contributed by atoms with Gasteiger partial charge in [-0.1, -0.05) is 24.3 Å². The number of ether oxygens (including phenoxy) is 2. The molecule has 6 nitrogen and oxygen atoms in total. The Morgan fingerprint density at radius 1 is 0.969 bits per heavy atom. The first-order valence-corrected chi connectivity index (χ1v) is 11.0. The van der Waals surface area contributed by atoms with E-state index in [0.29, 0.717) is 30.8 Å². The van der Waals surface area contributed by atoms with E-state index in [0.717, 1.165) is 35.1 Å². The quantitative estimate of drug-likeness (QED) is 0.631. The first-order valence-electron chi connectivity index (χ1n) is 11.0. The third kappa shape index (κ3) is 4.54. The van der Waals surface area contributed by atoms with Gasteiger partial charge in [0.25, 0.3) is 11.8 Å². The molecule has 1 aliphatic heterocycles. The summed E-state index contributed by atoms with van der Waals surface area (Å²) in [5, 5.41) is 4.93. The van der Waals surface area contributed by atoms with Crippen molar-refractivity contribution in [1.29, 1.82) is 0 Å². The number of amides is 2. The van der Waals surface area contributed by atoms with Gasteiger partial charge in [0.1, 0.15) is 11.5 Å². The fourth-order valence-corrected chi connectivity index (χ4v) is 4.18. The van der Waals surface area contributed by atoms with Crippen molar-refractivity contribution in [2.75, 3.05) is 26.8 Å². The van der Waals surface area contributed by atoms with Crippen molar-refractivity contribution < 1.29 is 19.1 Å². The van der Waals surface area contributed by atoms with Crippen molar-refractivity contribution in [3.8, 4) is 11.5 Å². The molecule has 1 aliphatic rings. The van der Waals surface area contributed by atoms with Crippen LogP contribution >= 0.6 is 0 Å². The van der Waals surface area contributed by atoms with E-state index in [4.69, 9.17) is 9.47 Å². The summed E-state index contributed by atoms with van der Waals surface area (Å²) in [6, 6.07) is 18.7. The number of piperidine rings is 1. The standard InChI is InChI=1S/C26H28N2O4/c1-3-32-20-10-8-18(9-11-20)26(30)28-16-14-19(15-17-28)27-25(29)23-12-13-24(31-2)22-7-5-4-6-21(22)23/h4-13,19H,3,14-17H2,1-2H3,(H,27,29). The second-order valence-corrected chi connectivity index (χ2v) is 7.86. The van der Waals surface area contributed by atoms with E-state index in [1.165, 1.54) is 0 Å². The number of nitrogens with one attached hydrogen (secondary N) is 1. The molecule has 0 bridgehead atoms. The minimum atomic E-state index is -0.0971. The van der Waals surface area contributed by atoms with Gasteiger partial charge in [0.15, 0.2) is 0 Å². The van der Waals surface area contributed by atoms with Crippen LogP contribution in [0.2, 0.25) is 0 Å². The van der Waals surface area contributed by atoms with Crippen LogP contribution in [-0.2, 0) is 0 Å². The van der Waals surface area contributed by atoms with E-state index < -0.39 is 0 Å². The Morgan fingerprint density at radius 3 is 2.31 bits per heavy atom. The molecule has 2 amide bonds. The first-order chi connectivity index (χ1) is 15.6. The zero-order valence-electron chi connectivity index (χ0n) is 18.5. The average molecular weight is 433 g/mol. The summed E-state index contributed by atoms with van der Waals surface area (Å²) in [6.07, 6.45) is 1.45. The molecular formula is C26H28N2O4. The maximum absolute atomic E-state index is 13.0. The van der Waals surface area contributed by atoms with Crippen molar-refractivity contribution in [1.82, 2.24) is 10.2 Å². The molecule has 32 heavy (non-hydrogen) atoms. The van der Waals surface area contributed by atoms with E-state index in [2.05, 4.69) is 5.32 Å². The molecule has 1 heterocycles. The number of hydrogen-bond donors (Lipinski definition) is 1. The molecule has 0 unspecified atom stereocenters. The van der Waals surface area contributed by atoms with Gasteiger partial charge in [-0.05, 0) is 61.5 Å². The number of likely N-dealkylation sites (tertiary alicyclic amines) is 1. The van der Waals surface area contributed by atoms with E-state index in [1.807, 2.05) is 54.3 Å². The second-order valence-electron chi connectivity index (χ2n) is 7.86. The Bertz CT molecular complexity index is 1100. The van der Waals surface area contributed by atoms with Crippen LogP contribution in [0.25, 0.3) is 10.8 Å². The Hall–Kier alpha value is -3.54. The van der Waals surface area contributed by atoms with Crippen LogP contribution < -0.4 is 14.8 Å². The molecule has 4 rings (SSSR count). The molecule has 0 atom stereocenters. The maximum atomic E-state index is 13.0. The molecule has 0 aromatic heterocycles. The van der Waals surface area contributed by atoms with Crippen LogP contribution in [0.4, 0.5) is 0 Å². The summed E-state index contributed by atoms with van der Waals surface area (Å²) in [7, 11) is 1.63. The summed E-state index contributed by atoms with van der Waals surface area (Å²) in [4.78, 5) is 27.7. The molecule has 0 radical (unpaired) electrons. The van der Waals surface area contributed by atoms with Crippen molar-refractivity contribution >= 4 is 22.6 Å².